The fourth-order valence-corrected chi connectivity index (χ4v) is 2.55. The SMILES string of the molecule is Cc1cc(N2CCCCC2)nc(N=Cc2ccccc2)n1. The summed E-state index contributed by atoms with van der Waals surface area (Å²) in [6.45, 7) is 4.16. The molecule has 1 saturated heterocycles. The summed E-state index contributed by atoms with van der Waals surface area (Å²) >= 11 is 0. The highest BCUT2D eigenvalue weighted by atomic mass is 15.2. The molecule has 0 atom stereocenters. The minimum Gasteiger partial charge on any atom is -0.356 e. The first kappa shape index (κ1) is 13.7. The summed E-state index contributed by atoms with van der Waals surface area (Å²) in [7, 11) is 0. The van der Waals surface area contributed by atoms with Gasteiger partial charge in [-0.1, -0.05) is 30.3 Å². The molecule has 0 aliphatic carbocycles. The number of nitrogens with zero attached hydrogens (tertiary/aromatic N) is 4. The van der Waals surface area contributed by atoms with Crippen molar-refractivity contribution in [1.82, 2.24) is 9.97 Å². The molecule has 4 heteroatoms. The van der Waals surface area contributed by atoms with E-state index in [4.69, 9.17) is 0 Å². The van der Waals surface area contributed by atoms with E-state index in [9.17, 15) is 0 Å². The predicted molar refractivity (Wildman–Crippen MR) is 86.5 cm³/mol. The molecule has 0 N–H and O–H groups in total. The summed E-state index contributed by atoms with van der Waals surface area (Å²) in [6.07, 6.45) is 5.62. The van der Waals surface area contributed by atoms with E-state index in [1.165, 1.54) is 19.3 Å². The second kappa shape index (κ2) is 6.48. The molecule has 108 valence electrons. The Labute approximate surface area is 125 Å². The number of aromatic nitrogens is 2. The molecule has 1 aliphatic rings. The van der Waals surface area contributed by atoms with Gasteiger partial charge in [0.05, 0.1) is 0 Å². The number of anilines is 1. The molecule has 4 nitrogen and oxygen atoms in total. The van der Waals surface area contributed by atoms with E-state index in [2.05, 4.69) is 19.9 Å². The van der Waals surface area contributed by atoms with Gasteiger partial charge in [-0.25, -0.2) is 9.98 Å². The lowest BCUT2D eigenvalue weighted by atomic mass is 10.1. The van der Waals surface area contributed by atoms with Crippen LogP contribution in [0.15, 0.2) is 41.4 Å². The van der Waals surface area contributed by atoms with Crippen molar-refractivity contribution in [2.75, 3.05) is 18.0 Å². The Morgan fingerprint density at radius 3 is 2.57 bits per heavy atom. The van der Waals surface area contributed by atoms with E-state index in [-0.39, 0.29) is 0 Å². The van der Waals surface area contributed by atoms with Gasteiger partial charge >= 0.3 is 0 Å². The first-order valence-electron chi connectivity index (χ1n) is 7.51. The van der Waals surface area contributed by atoms with Crippen LogP contribution < -0.4 is 4.90 Å². The lowest BCUT2D eigenvalue weighted by molar-refractivity contribution is 0.573. The smallest absolute Gasteiger partial charge is 0.251 e. The van der Waals surface area contributed by atoms with Crippen LogP contribution in [-0.2, 0) is 0 Å². The molecule has 1 fully saturated rings. The van der Waals surface area contributed by atoms with Crippen LogP contribution >= 0.6 is 0 Å². The average molecular weight is 280 g/mol. The minimum atomic E-state index is 0.541. The van der Waals surface area contributed by atoms with E-state index in [1.807, 2.05) is 49.5 Å². The van der Waals surface area contributed by atoms with Gasteiger partial charge in [-0.05, 0) is 31.7 Å². The number of hydrogen-bond acceptors (Lipinski definition) is 4. The maximum Gasteiger partial charge on any atom is 0.251 e. The van der Waals surface area contributed by atoms with Crippen molar-refractivity contribution in [3.05, 3.63) is 47.7 Å². The molecule has 2 aromatic rings. The fraction of sp³-hybridized carbons (Fsp3) is 0.353. The van der Waals surface area contributed by atoms with Crippen molar-refractivity contribution in [2.24, 2.45) is 4.99 Å². The molecule has 0 amide bonds. The standard InChI is InChI=1S/C17H20N4/c1-14-12-16(21-10-6-3-7-11-21)20-17(19-14)18-13-15-8-4-2-5-9-15/h2,4-5,8-9,12-13H,3,6-7,10-11H2,1H3. The molecule has 0 bridgehead atoms. The number of hydrogen-bond donors (Lipinski definition) is 0. The number of piperidine rings is 1. The molecule has 1 aromatic heterocycles. The van der Waals surface area contributed by atoms with Crippen molar-refractivity contribution < 1.29 is 0 Å². The lowest BCUT2D eigenvalue weighted by Gasteiger charge is -2.27. The monoisotopic (exact) mass is 280 g/mol. The summed E-state index contributed by atoms with van der Waals surface area (Å²) in [5, 5.41) is 0. The average Bonchev–Trinajstić information content (AvgIpc) is 2.54. The van der Waals surface area contributed by atoms with Crippen molar-refractivity contribution in [1.29, 1.82) is 0 Å². The van der Waals surface area contributed by atoms with E-state index >= 15 is 0 Å². The Morgan fingerprint density at radius 1 is 1.05 bits per heavy atom. The van der Waals surface area contributed by atoms with Crippen LogP contribution in [0.1, 0.15) is 30.5 Å². The highest BCUT2D eigenvalue weighted by molar-refractivity contribution is 5.81. The van der Waals surface area contributed by atoms with Gasteiger partial charge in [0.25, 0.3) is 5.95 Å². The van der Waals surface area contributed by atoms with E-state index < -0.39 is 0 Å². The van der Waals surface area contributed by atoms with Gasteiger partial charge < -0.3 is 4.90 Å². The van der Waals surface area contributed by atoms with Crippen molar-refractivity contribution in [3.8, 4) is 0 Å². The lowest BCUT2D eigenvalue weighted by Crippen LogP contribution is -2.30. The summed E-state index contributed by atoms with van der Waals surface area (Å²) in [6, 6.07) is 12.1. The second-order valence-corrected chi connectivity index (χ2v) is 5.38. The molecule has 0 spiro atoms. The normalized spacial score (nSPS) is 15.6. The minimum absolute atomic E-state index is 0.541. The third-order valence-electron chi connectivity index (χ3n) is 3.64. The topological polar surface area (TPSA) is 41.4 Å². The summed E-state index contributed by atoms with van der Waals surface area (Å²) in [5.41, 5.74) is 2.02. The van der Waals surface area contributed by atoms with Gasteiger partial charge in [-0.2, -0.15) is 4.98 Å². The van der Waals surface area contributed by atoms with E-state index in [1.54, 1.807) is 0 Å². The fourth-order valence-electron chi connectivity index (χ4n) is 2.55. The van der Waals surface area contributed by atoms with Crippen LogP contribution in [0, 0.1) is 6.92 Å². The Bertz CT molecular complexity index is 616. The van der Waals surface area contributed by atoms with Gasteiger partial charge in [0.1, 0.15) is 5.82 Å². The highest BCUT2D eigenvalue weighted by Crippen LogP contribution is 2.20. The second-order valence-electron chi connectivity index (χ2n) is 5.38. The molecule has 0 unspecified atom stereocenters. The molecule has 0 saturated carbocycles. The molecular formula is C17H20N4. The van der Waals surface area contributed by atoms with Crippen LogP contribution in [0.4, 0.5) is 11.8 Å². The third kappa shape index (κ3) is 3.66. The van der Waals surface area contributed by atoms with Crippen LogP contribution in [0.2, 0.25) is 0 Å². The van der Waals surface area contributed by atoms with E-state index in [0.717, 1.165) is 30.2 Å². The van der Waals surface area contributed by atoms with Gasteiger partial charge in [-0.15, -0.1) is 0 Å². The van der Waals surface area contributed by atoms with Crippen LogP contribution in [-0.4, -0.2) is 29.3 Å². The van der Waals surface area contributed by atoms with Crippen LogP contribution in [0.3, 0.4) is 0 Å². The first-order valence-corrected chi connectivity index (χ1v) is 7.51. The first-order chi connectivity index (χ1) is 10.3. The Balaban J connectivity index is 1.82. The number of aliphatic imine (C=N–C) groups is 1. The summed E-state index contributed by atoms with van der Waals surface area (Å²) in [5.74, 6) is 1.54. The van der Waals surface area contributed by atoms with Crippen molar-refractivity contribution in [2.45, 2.75) is 26.2 Å². The zero-order valence-corrected chi connectivity index (χ0v) is 12.4. The Kier molecular flexibility index (Phi) is 4.24. The summed E-state index contributed by atoms with van der Waals surface area (Å²) < 4.78 is 0. The zero-order valence-electron chi connectivity index (χ0n) is 12.4. The maximum atomic E-state index is 4.59. The molecule has 0 radical (unpaired) electrons. The molecule has 1 aromatic carbocycles. The van der Waals surface area contributed by atoms with Gasteiger partial charge in [0, 0.05) is 31.1 Å². The van der Waals surface area contributed by atoms with Crippen LogP contribution in [0.5, 0.6) is 0 Å². The van der Waals surface area contributed by atoms with Crippen molar-refractivity contribution >= 4 is 18.0 Å². The van der Waals surface area contributed by atoms with E-state index in [0.29, 0.717) is 5.95 Å². The number of aryl methyl sites for hydroxylation is 1. The summed E-state index contributed by atoms with van der Waals surface area (Å²) in [4.78, 5) is 15.7. The number of rotatable bonds is 3. The largest absolute Gasteiger partial charge is 0.356 e. The highest BCUT2D eigenvalue weighted by Gasteiger charge is 2.13. The van der Waals surface area contributed by atoms with Gasteiger partial charge in [0.2, 0.25) is 0 Å². The van der Waals surface area contributed by atoms with Crippen molar-refractivity contribution in [3.63, 3.8) is 0 Å². The molecule has 1 aliphatic heterocycles. The Morgan fingerprint density at radius 2 is 1.81 bits per heavy atom. The molecule has 3 rings (SSSR count). The maximum absolute atomic E-state index is 4.59. The van der Waals surface area contributed by atoms with Crippen LogP contribution in [0.25, 0.3) is 0 Å². The zero-order chi connectivity index (χ0) is 14.5. The molecular weight excluding hydrogens is 260 g/mol. The third-order valence-corrected chi connectivity index (χ3v) is 3.64. The Hall–Kier alpha value is -2.23. The quantitative estimate of drug-likeness (QED) is 0.808. The molecule has 2 heterocycles. The predicted octanol–water partition coefficient (Wildman–Crippen LogP) is 3.53. The van der Waals surface area contributed by atoms with Gasteiger partial charge in [0.15, 0.2) is 0 Å². The van der Waals surface area contributed by atoms with Gasteiger partial charge in [-0.3, -0.25) is 0 Å². The number of benzene rings is 1. The molecule has 21 heavy (non-hydrogen) atoms.